The van der Waals surface area contributed by atoms with E-state index >= 15 is 0 Å². The van der Waals surface area contributed by atoms with Gasteiger partial charge < -0.3 is 0 Å². The van der Waals surface area contributed by atoms with Crippen molar-refractivity contribution in [2.45, 2.75) is 8.65 Å². The van der Waals surface area contributed by atoms with Gasteiger partial charge in [0.15, 0.2) is 0 Å². The Bertz CT molecular complexity index is 1300. The molecule has 6 nitrogen and oxygen atoms in total. The number of hydrogen-bond acceptors (Lipinski definition) is 4. The molecular formula is C24H13Br3N2O4. The number of imide groups is 1. The van der Waals surface area contributed by atoms with Crippen LogP contribution in [0.1, 0.15) is 22.3 Å². The summed E-state index contributed by atoms with van der Waals surface area (Å²) in [5.41, 5.74) is 3.32. The summed E-state index contributed by atoms with van der Waals surface area (Å²) in [4.78, 5) is 40.2. The van der Waals surface area contributed by atoms with Crippen LogP contribution in [0.4, 0.5) is 11.4 Å². The first-order chi connectivity index (χ1) is 15.7. The highest BCUT2D eigenvalue weighted by atomic mass is 79.9. The monoisotopic (exact) mass is 630 g/mol. The lowest BCUT2D eigenvalue weighted by molar-refractivity contribution is -0.384. The number of rotatable bonds is 2. The Kier molecular flexibility index (Phi) is 4.39. The van der Waals surface area contributed by atoms with E-state index in [-0.39, 0.29) is 11.4 Å². The molecule has 2 atom stereocenters. The largest absolute Gasteiger partial charge is 0.294 e. The van der Waals surface area contributed by atoms with Crippen LogP contribution in [-0.4, -0.2) is 16.7 Å². The van der Waals surface area contributed by atoms with E-state index in [0.717, 1.165) is 27.2 Å². The molecule has 0 radical (unpaired) electrons. The summed E-state index contributed by atoms with van der Waals surface area (Å²) in [5, 5.41) is 11.8. The molecule has 1 saturated heterocycles. The quantitative estimate of drug-likeness (QED) is 0.156. The normalized spacial score (nSPS) is 29.0. The van der Waals surface area contributed by atoms with Crippen LogP contribution in [0.5, 0.6) is 0 Å². The van der Waals surface area contributed by atoms with E-state index in [2.05, 4.69) is 47.8 Å². The first kappa shape index (κ1) is 21.2. The van der Waals surface area contributed by atoms with Crippen molar-refractivity contribution >= 4 is 71.0 Å². The van der Waals surface area contributed by atoms with Crippen LogP contribution in [0.3, 0.4) is 0 Å². The van der Waals surface area contributed by atoms with Gasteiger partial charge in [-0.1, -0.05) is 96.3 Å². The first-order valence-electron chi connectivity index (χ1n) is 10.1. The molecule has 1 heterocycles. The van der Waals surface area contributed by atoms with E-state index in [1.165, 1.54) is 12.1 Å². The molecule has 0 saturated carbocycles. The summed E-state index contributed by atoms with van der Waals surface area (Å²) in [5.74, 6) is -2.48. The third-order valence-corrected chi connectivity index (χ3v) is 10.1. The second-order valence-electron chi connectivity index (χ2n) is 8.37. The van der Waals surface area contributed by atoms with Gasteiger partial charge in [0.25, 0.3) is 5.69 Å². The molecule has 4 aliphatic rings. The molecule has 3 aromatic carbocycles. The number of hydrogen-bond donors (Lipinski definition) is 0. The third kappa shape index (κ3) is 2.42. The number of anilines is 1. The molecule has 0 spiro atoms. The first-order valence-corrected chi connectivity index (χ1v) is 12.5. The molecule has 1 aliphatic heterocycles. The van der Waals surface area contributed by atoms with Gasteiger partial charge in [0.1, 0.15) is 5.69 Å². The molecular weight excluding hydrogens is 620 g/mol. The Hall–Kier alpha value is -2.36. The van der Waals surface area contributed by atoms with Gasteiger partial charge in [0, 0.05) is 10.5 Å². The van der Waals surface area contributed by atoms with Crippen molar-refractivity contribution in [1.82, 2.24) is 0 Å². The third-order valence-electron chi connectivity index (χ3n) is 6.96. The Labute approximate surface area is 213 Å². The van der Waals surface area contributed by atoms with Crippen molar-refractivity contribution < 1.29 is 14.5 Å². The molecule has 0 aromatic heterocycles. The number of nitrogens with zero attached hydrogens (tertiary/aromatic N) is 2. The highest BCUT2D eigenvalue weighted by molar-refractivity contribution is 9.10. The smallest absolute Gasteiger partial charge is 0.274 e. The van der Waals surface area contributed by atoms with Crippen molar-refractivity contribution in [2.75, 3.05) is 4.90 Å². The van der Waals surface area contributed by atoms with E-state index in [0.29, 0.717) is 4.47 Å². The van der Waals surface area contributed by atoms with Crippen LogP contribution in [0.15, 0.2) is 71.2 Å². The van der Waals surface area contributed by atoms with Gasteiger partial charge in [-0.2, -0.15) is 0 Å². The van der Waals surface area contributed by atoms with E-state index < -0.39 is 37.2 Å². The van der Waals surface area contributed by atoms with E-state index in [4.69, 9.17) is 0 Å². The maximum Gasteiger partial charge on any atom is 0.294 e. The Morgan fingerprint density at radius 1 is 0.788 bits per heavy atom. The number of amides is 2. The van der Waals surface area contributed by atoms with Gasteiger partial charge in [-0.15, -0.1) is 0 Å². The minimum Gasteiger partial charge on any atom is -0.274 e. The minimum absolute atomic E-state index is 0.0210. The van der Waals surface area contributed by atoms with Crippen LogP contribution in [0.2, 0.25) is 0 Å². The molecule has 1 fully saturated rings. The standard InChI is InChI=1S/C24H13Br3N2O4/c25-12-9-10-17(18(11-12)29(32)33)28-21(30)19-20(22(28)31)24(27)14-6-2-1-5-13(14)23(19,26)15-7-3-4-8-16(15)24/h1-11,19-20H/t19-,20-,23?,24?/m0/s1. The van der Waals surface area contributed by atoms with Crippen LogP contribution >= 0.6 is 47.8 Å². The predicted octanol–water partition coefficient (Wildman–Crippen LogP) is 5.77. The highest BCUT2D eigenvalue weighted by Gasteiger charge is 2.72. The molecule has 7 rings (SSSR count). The molecule has 0 N–H and O–H groups in total. The molecule has 164 valence electrons. The number of halogens is 3. The number of nitro benzene ring substituents is 1. The SMILES string of the molecule is O=C1[C@@H]2[C@@H](C(=O)N1c1ccc(Br)cc1[N+](=O)[O-])C1(Br)c3ccccc3C2(Br)c2ccccc21. The highest BCUT2D eigenvalue weighted by Crippen LogP contribution is 2.71. The van der Waals surface area contributed by atoms with Gasteiger partial charge >= 0.3 is 0 Å². The average Bonchev–Trinajstić information content (AvgIpc) is 3.08. The topological polar surface area (TPSA) is 80.5 Å². The van der Waals surface area contributed by atoms with Gasteiger partial charge in [-0.3, -0.25) is 19.7 Å². The Balaban J connectivity index is 1.65. The van der Waals surface area contributed by atoms with Crippen molar-refractivity contribution in [3.63, 3.8) is 0 Å². The number of carbonyl (C=O) groups excluding carboxylic acids is 2. The molecule has 2 amide bonds. The van der Waals surface area contributed by atoms with Crippen molar-refractivity contribution in [3.8, 4) is 0 Å². The fourth-order valence-corrected chi connectivity index (χ4v) is 8.39. The van der Waals surface area contributed by atoms with Gasteiger partial charge in [-0.05, 0) is 34.4 Å². The maximum atomic E-state index is 14.0. The number of nitro groups is 1. The summed E-state index contributed by atoms with van der Waals surface area (Å²) in [6, 6.07) is 19.9. The lowest BCUT2D eigenvalue weighted by atomic mass is 9.54. The van der Waals surface area contributed by atoms with E-state index in [1.807, 2.05) is 48.5 Å². The summed E-state index contributed by atoms with van der Waals surface area (Å²) in [7, 11) is 0. The second kappa shape index (κ2) is 6.84. The van der Waals surface area contributed by atoms with Gasteiger partial charge in [-0.25, -0.2) is 4.90 Å². The van der Waals surface area contributed by atoms with E-state index in [9.17, 15) is 19.7 Å². The summed E-state index contributed by atoms with van der Waals surface area (Å²) in [6.07, 6.45) is 0. The van der Waals surface area contributed by atoms with Crippen molar-refractivity contribution in [2.24, 2.45) is 11.8 Å². The molecule has 3 aliphatic carbocycles. The molecule has 33 heavy (non-hydrogen) atoms. The van der Waals surface area contributed by atoms with E-state index in [1.54, 1.807) is 6.07 Å². The van der Waals surface area contributed by atoms with Crippen molar-refractivity contribution in [3.05, 3.63) is 104 Å². The fourth-order valence-electron chi connectivity index (χ4n) is 5.74. The van der Waals surface area contributed by atoms with Crippen LogP contribution in [0.25, 0.3) is 0 Å². The number of alkyl halides is 2. The predicted molar refractivity (Wildman–Crippen MR) is 133 cm³/mol. The lowest BCUT2D eigenvalue weighted by Gasteiger charge is -2.55. The van der Waals surface area contributed by atoms with Crippen LogP contribution in [-0.2, 0) is 18.2 Å². The van der Waals surface area contributed by atoms with Crippen LogP contribution < -0.4 is 4.90 Å². The lowest BCUT2D eigenvalue weighted by Crippen LogP contribution is -2.56. The zero-order valence-corrected chi connectivity index (χ0v) is 21.4. The van der Waals surface area contributed by atoms with Gasteiger partial charge in [0.05, 0.1) is 25.4 Å². The Morgan fingerprint density at radius 2 is 1.21 bits per heavy atom. The summed E-state index contributed by atoms with van der Waals surface area (Å²) in [6.45, 7) is 0. The zero-order valence-electron chi connectivity index (χ0n) is 16.7. The maximum absolute atomic E-state index is 14.0. The summed E-state index contributed by atoms with van der Waals surface area (Å²) >= 11 is 11.1. The van der Waals surface area contributed by atoms with Crippen molar-refractivity contribution in [1.29, 1.82) is 0 Å². The number of carbonyl (C=O) groups is 2. The molecule has 3 aromatic rings. The average molecular weight is 633 g/mol. The fraction of sp³-hybridized carbons (Fsp3) is 0.167. The van der Waals surface area contributed by atoms with Crippen LogP contribution in [0, 0.1) is 22.0 Å². The molecule has 2 bridgehead atoms. The molecule has 9 heteroatoms. The zero-order chi connectivity index (χ0) is 23.3. The second-order valence-corrected chi connectivity index (χ2v) is 11.8. The van der Waals surface area contributed by atoms with Gasteiger partial charge in [0.2, 0.25) is 11.8 Å². The Morgan fingerprint density at radius 3 is 1.61 bits per heavy atom. The molecule has 0 unspecified atom stereocenters. The minimum atomic E-state index is -0.938. The number of benzene rings is 3. The summed E-state index contributed by atoms with van der Waals surface area (Å²) < 4.78 is -1.39.